The van der Waals surface area contributed by atoms with Gasteiger partial charge in [-0.05, 0) is 11.5 Å². The zero-order valence-corrected chi connectivity index (χ0v) is 10.2. The third-order valence-corrected chi connectivity index (χ3v) is 4.17. The fourth-order valence-electron chi connectivity index (χ4n) is 2.10. The van der Waals surface area contributed by atoms with Gasteiger partial charge in [-0.15, -0.1) is 0 Å². The van der Waals surface area contributed by atoms with Crippen molar-refractivity contribution >= 4 is 41.3 Å². The van der Waals surface area contributed by atoms with E-state index in [2.05, 4.69) is 4.98 Å². The van der Waals surface area contributed by atoms with Crippen molar-refractivity contribution in [1.82, 2.24) is 4.98 Å². The fourth-order valence-corrected chi connectivity index (χ4v) is 3.48. The molecule has 0 saturated carbocycles. The lowest BCUT2D eigenvalue weighted by atomic mass is 10.1. The number of aromatic nitrogens is 1. The molecule has 5 heteroatoms. The summed E-state index contributed by atoms with van der Waals surface area (Å²) in [4.78, 5) is 3.08. The summed E-state index contributed by atoms with van der Waals surface area (Å²) in [5.74, 6) is 0. The Bertz CT molecular complexity index is 821. The Balaban J connectivity index is 2.67. The maximum atomic E-state index is 11.7. The molecule has 0 unspecified atom stereocenters. The van der Waals surface area contributed by atoms with E-state index in [9.17, 15) is 8.42 Å². The molecule has 0 aliphatic rings. The maximum Gasteiger partial charge on any atom is 0.262 e. The van der Waals surface area contributed by atoms with E-state index in [0.29, 0.717) is 10.8 Å². The largest absolute Gasteiger partial charge is 0.366 e. The van der Waals surface area contributed by atoms with Gasteiger partial charge in [0.15, 0.2) is 0 Å². The minimum atomic E-state index is -3.77. The van der Waals surface area contributed by atoms with Gasteiger partial charge in [0.05, 0.1) is 4.90 Å². The molecule has 0 radical (unpaired) electrons. The van der Waals surface area contributed by atoms with Crippen LogP contribution in [0.25, 0.3) is 21.5 Å². The van der Waals surface area contributed by atoms with Crippen LogP contribution in [0, 0.1) is 0 Å². The molecule has 3 nitrogen and oxygen atoms in total. The highest BCUT2D eigenvalue weighted by Gasteiger charge is 2.18. The van der Waals surface area contributed by atoms with Gasteiger partial charge in [0.1, 0.15) is 0 Å². The van der Waals surface area contributed by atoms with E-state index in [1.807, 2.05) is 18.2 Å². The Hall–Kier alpha value is -1.52. The van der Waals surface area contributed by atoms with Gasteiger partial charge in [0.25, 0.3) is 9.05 Å². The summed E-state index contributed by atoms with van der Waals surface area (Å²) in [6, 6.07) is 9.23. The SMILES string of the molecule is O=S(=O)(Cl)c1c2ccccc2cc2c[nH]cc12. The van der Waals surface area contributed by atoms with E-state index in [1.165, 1.54) is 0 Å². The minimum Gasteiger partial charge on any atom is -0.366 e. The second kappa shape index (κ2) is 3.48. The van der Waals surface area contributed by atoms with E-state index >= 15 is 0 Å². The van der Waals surface area contributed by atoms with Gasteiger partial charge < -0.3 is 4.98 Å². The van der Waals surface area contributed by atoms with Gasteiger partial charge in [0.2, 0.25) is 0 Å². The summed E-state index contributed by atoms with van der Waals surface area (Å²) in [6.07, 6.45) is 3.41. The molecule has 17 heavy (non-hydrogen) atoms. The summed E-state index contributed by atoms with van der Waals surface area (Å²) in [6.45, 7) is 0. The van der Waals surface area contributed by atoms with Crippen molar-refractivity contribution < 1.29 is 8.42 Å². The molecule has 0 spiro atoms. The smallest absolute Gasteiger partial charge is 0.262 e. The summed E-state index contributed by atoms with van der Waals surface area (Å²) in [7, 11) is 1.76. The van der Waals surface area contributed by atoms with E-state index in [1.54, 1.807) is 24.5 Å². The van der Waals surface area contributed by atoms with Crippen LogP contribution in [0.4, 0.5) is 0 Å². The lowest BCUT2D eigenvalue weighted by Crippen LogP contribution is -1.93. The van der Waals surface area contributed by atoms with Crippen molar-refractivity contribution in [2.75, 3.05) is 0 Å². The highest BCUT2D eigenvalue weighted by Crippen LogP contribution is 2.33. The Morgan fingerprint density at radius 2 is 1.76 bits per heavy atom. The lowest BCUT2D eigenvalue weighted by Gasteiger charge is -2.05. The van der Waals surface area contributed by atoms with Crippen LogP contribution < -0.4 is 0 Å². The van der Waals surface area contributed by atoms with Crippen LogP contribution in [0.1, 0.15) is 0 Å². The van der Waals surface area contributed by atoms with E-state index in [4.69, 9.17) is 10.7 Å². The number of fused-ring (bicyclic) bond motifs is 2. The molecule has 0 bridgehead atoms. The molecule has 3 aromatic rings. The second-order valence-corrected chi connectivity index (χ2v) is 6.33. The number of halogens is 1. The van der Waals surface area contributed by atoms with Gasteiger partial charge in [-0.25, -0.2) is 8.42 Å². The fraction of sp³-hybridized carbons (Fsp3) is 0. The number of rotatable bonds is 1. The van der Waals surface area contributed by atoms with Crippen molar-refractivity contribution in [3.05, 3.63) is 42.7 Å². The third kappa shape index (κ3) is 1.61. The molecule has 0 aliphatic heterocycles. The Labute approximate surface area is 102 Å². The van der Waals surface area contributed by atoms with Crippen molar-refractivity contribution in [2.24, 2.45) is 0 Å². The van der Waals surface area contributed by atoms with Crippen molar-refractivity contribution in [3.63, 3.8) is 0 Å². The summed E-state index contributed by atoms with van der Waals surface area (Å²) < 4.78 is 23.4. The molecule has 0 aliphatic carbocycles. The van der Waals surface area contributed by atoms with Crippen LogP contribution in [0.5, 0.6) is 0 Å². The summed E-state index contributed by atoms with van der Waals surface area (Å²) in [5, 5.41) is 2.97. The zero-order valence-electron chi connectivity index (χ0n) is 8.64. The zero-order chi connectivity index (χ0) is 12.0. The first-order valence-electron chi connectivity index (χ1n) is 5.00. The first-order chi connectivity index (χ1) is 8.07. The van der Waals surface area contributed by atoms with Crippen molar-refractivity contribution in [1.29, 1.82) is 0 Å². The van der Waals surface area contributed by atoms with Crippen LogP contribution in [0.15, 0.2) is 47.6 Å². The van der Waals surface area contributed by atoms with Gasteiger partial charge in [-0.3, -0.25) is 0 Å². The number of H-pyrrole nitrogens is 1. The van der Waals surface area contributed by atoms with Crippen LogP contribution in [0.3, 0.4) is 0 Å². The Morgan fingerprint density at radius 1 is 1.00 bits per heavy atom. The van der Waals surface area contributed by atoms with Gasteiger partial charge in [-0.1, -0.05) is 24.3 Å². The molecule has 0 fully saturated rings. The first kappa shape index (κ1) is 10.6. The topological polar surface area (TPSA) is 49.9 Å². The number of aromatic amines is 1. The second-order valence-electron chi connectivity index (χ2n) is 3.82. The average molecular weight is 266 g/mol. The standard InChI is InChI=1S/C12H8ClNO2S/c13-17(15,16)12-10-4-2-1-3-8(10)5-9-6-14-7-11(9)12/h1-7,14H. The highest BCUT2D eigenvalue weighted by atomic mass is 35.7. The van der Waals surface area contributed by atoms with Crippen LogP contribution >= 0.6 is 10.7 Å². The van der Waals surface area contributed by atoms with Crippen molar-refractivity contribution in [3.8, 4) is 0 Å². The molecular weight excluding hydrogens is 258 g/mol. The van der Waals surface area contributed by atoms with Crippen LogP contribution in [-0.2, 0) is 9.05 Å². The number of hydrogen-bond donors (Lipinski definition) is 1. The summed E-state index contributed by atoms with van der Waals surface area (Å²) >= 11 is 0. The number of nitrogens with one attached hydrogen (secondary N) is 1. The van der Waals surface area contributed by atoms with Crippen molar-refractivity contribution in [2.45, 2.75) is 4.90 Å². The molecule has 2 aromatic carbocycles. The third-order valence-electron chi connectivity index (χ3n) is 2.78. The van der Waals surface area contributed by atoms with E-state index in [0.717, 1.165) is 10.8 Å². The minimum absolute atomic E-state index is 0.175. The van der Waals surface area contributed by atoms with Gasteiger partial charge in [-0.2, -0.15) is 0 Å². The quantitative estimate of drug-likeness (QED) is 0.687. The molecule has 3 rings (SSSR count). The molecule has 0 amide bonds. The van der Waals surface area contributed by atoms with E-state index in [-0.39, 0.29) is 4.90 Å². The average Bonchev–Trinajstić information content (AvgIpc) is 2.71. The molecule has 1 N–H and O–H groups in total. The maximum absolute atomic E-state index is 11.7. The van der Waals surface area contributed by atoms with Crippen LogP contribution in [0.2, 0.25) is 0 Å². The van der Waals surface area contributed by atoms with E-state index < -0.39 is 9.05 Å². The Kier molecular flexibility index (Phi) is 2.18. The molecule has 0 saturated heterocycles. The molecule has 0 atom stereocenters. The summed E-state index contributed by atoms with van der Waals surface area (Å²) in [5.41, 5.74) is 0. The van der Waals surface area contributed by atoms with Gasteiger partial charge in [0, 0.05) is 39.2 Å². The number of benzene rings is 2. The van der Waals surface area contributed by atoms with Crippen LogP contribution in [-0.4, -0.2) is 13.4 Å². The van der Waals surface area contributed by atoms with Gasteiger partial charge >= 0.3 is 0 Å². The normalized spacial score (nSPS) is 12.3. The molecule has 1 heterocycles. The molecule has 86 valence electrons. The number of hydrogen-bond acceptors (Lipinski definition) is 2. The lowest BCUT2D eigenvalue weighted by molar-refractivity contribution is 0.611. The first-order valence-corrected chi connectivity index (χ1v) is 7.31. The Morgan fingerprint density at radius 3 is 2.53 bits per heavy atom. The highest BCUT2D eigenvalue weighted by molar-refractivity contribution is 8.14. The molecular formula is C12H8ClNO2S. The predicted molar refractivity (Wildman–Crippen MR) is 68.8 cm³/mol. The molecule has 1 aromatic heterocycles. The monoisotopic (exact) mass is 265 g/mol. The predicted octanol–water partition coefficient (Wildman–Crippen LogP) is 3.25.